The fraction of sp³-hybridized carbons (Fsp3) is 0.364. The Balaban J connectivity index is 2.74. The topological polar surface area (TPSA) is 35.5 Å². The lowest BCUT2D eigenvalue weighted by Gasteiger charge is -2.13. The zero-order chi connectivity index (χ0) is 10.4. The first-order chi connectivity index (χ1) is 6.74. The van der Waals surface area contributed by atoms with Gasteiger partial charge in [0.15, 0.2) is 0 Å². The van der Waals surface area contributed by atoms with Crippen molar-refractivity contribution in [2.24, 2.45) is 0 Å². The van der Waals surface area contributed by atoms with E-state index in [0.717, 1.165) is 11.3 Å². The van der Waals surface area contributed by atoms with Gasteiger partial charge >= 0.3 is 0 Å². The number of benzene rings is 1. The molecule has 1 aromatic rings. The van der Waals surface area contributed by atoms with Crippen LogP contribution in [0.25, 0.3) is 0 Å². The minimum Gasteiger partial charge on any atom is -0.491 e. The average molecular weight is 194 g/mol. The van der Waals surface area contributed by atoms with Gasteiger partial charge in [-0.25, -0.2) is 0 Å². The second-order valence-corrected chi connectivity index (χ2v) is 3.18. The summed E-state index contributed by atoms with van der Waals surface area (Å²) in [6, 6.07) is 7.52. The normalized spacial score (nSPS) is 9.93. The molecule has 0 heterocycles. The van der Waals surface area contributed by atoms with Crippen LogP contribution in [0.5, 0.6) is 5.75 Å². The van der Waals surface area contributed by atoms with Crippen LogP contribution in [0.4, 0.5) is 0 Å². The fourth-order valence-corrected chi connectivity index (χ4v) is 1.12. The van der Waals surface area contributed by atoms with Crippen molar-refractivity contribution >= 4 is 6.47 Å². The van der Waals surface area contributed by atoms with Crippen LogP contribution >= 0.6 is 0 Å². The van der Waals surface area contributed by atoms with Gasteiger partial charge in [-0.15, -0.1) is 0 Å². The molecular weight excluding hydrogens is 180 g/mol. The molecule has 3 nitrogen and oxygen atoms in total. The quantitative estimate of drug-likeness (QED) is 0.674. The van der Waals surface area contributed by atoms with Crippen LogP contribution in [0.2, 0.25) is 0 Å². The third kappa shape index (κ3) is 3.09. The number of ether oxygens (including phenoxy) is 2. The van der Waals surface area contributed by atoms with Crippen LogP contribution < -0.4 is 4.74 Å². The molecule has 0 aliphatic rings. The number of rotatable bonds is 5. The van der Waals surface area contributed by atoms with Gasteiger partial charge in [0.1, 0.15) is 12.4 Å². The number of para-hydroxylation sites is 1. The van der Waals surface area contributed by atoms with E-state index in [-0.39, 0.29) is 12.7 Å². The van der Waals surface area contributed by atoms with Crippen LogP contribution in [-0.2, 0) is 16.1 Å². The summed E-state index contributed by atoms with van der Waals surface area (Å²) in [4.78, 5) is 10.0. The molecule has 0 aliphatic carbocycles. The molecule has 1 aromatic carbocycles. The van der Waals surface area contributed by atoms with Gasteiger partial charge in [-0.2, -0.15) is 0 Å². The third-order valence-electron chi connectivity index (χ3n) is 1.64. The Morgan fingerprint density at radius 3 is 2.71 bits per heavy atom. The summed E-state index contributed by atoms with van der Waals surface area (Å²) in [5.41, 5.74) is 0.883. The second kappa shape index (κ2) is 5.27. The lowest BCUT2D eigenvalue weighted by Crippen LogP contribution is -2.07. The van der Waals surface area contributed by atoms with E-state index in [1.54, 1.807) is 0 Å². The highest BCUT2D eigenvalue weighted by atomic mass is 16.5. The molecule has 0 saturated heterocycles. The second-order valence-electron chi connectivity index (χ2n) is 3.18. The van der Waals surface area contributed by atoms with Crippen molar-refractivity contribution in [3.05, 3.63) is 29.8 Å². The molecule has 0 fully saturated rings. The summed E-state index contributed by atoms with van der Waals surface area (Å²) in [6.07, 6.45) is 0.118. The Labute approximate surface area is 83.6 Å². The molecule has 0 amide bonds. The first-order valence-electron chi connectivity index (χ1n) is 4.54. The summed E-state index contributed by atoms with van der Waals surface area (Å²) in [5.74, 6) is 0.768. The molecule has 0 bridgehead atoms. The van der Waals surface area contributed by atoms with Crippen LogP contribution in [0, 0.1) is 0 Å². The SMILES string of the molecule is CC(C)Oc1ccccc1COC=O. The molecule has 3 heteroatoms. The molecular formula is C11H14O3. The van der Waals surface area contributed by atoms with Crippen molar-refractivity contribution in [2.45, 2.75) is 26.6 Å². The Morgan fingerprint density at radius 1 is 1.36 bits per heavy atom. The van der Waals surface area contributed by atoms with Crippen molar-refractivity contribution in [1.29, 1.82) is 0 Å². The lowest BCUT2D eigenvalue weighted by atomic mass is 10.2. The van der Waals surface area contributed by atoms with Crippen molar-refractivity contribution < 1.29 is 14.3 Å². The summed E-state index contributed by atoms with van der Waals surface area (Å²) >= 11 is 0. The van der Waals surface area contributed by atoms with Crippen molar-refractivity contribution in [3.63, 3.8) is 0 Å². The number of hydrogen-bond donors (Lipinski definition) is 0. The van der Waals surface area contributed by atoms with Gasteiger partial charge < -0.3 is 9.47 Å². The Hall–Kier alpha value is -1.51. The standard InChI is InChI=1S/C11H14O3/c1-9(2)14-11-6-4-3-5-10(11)7-13-8-12/h3-6,8-9H,7H2,1-2H3. The number of hydrogen-bond acceptors (Lipinski definition) is 3. The predicted molar refractivity (Wildman–Crippen MR) is 53.1 cm³/mol. The van der Waals surface area contributed by atoms with Crippen LogP contribution in [0.3, 0.4) is 0 Å². The van der Waals surface area contributed by atoms with E-state index in [2.05, 4.69) is 4.74 Å². The Kier molecular flexibility index (Phi) is 3.98. The van der Waals surface area contributed by atoms with Crippen LogP contribution in [0.1, 0.15) is 19.4 Å². The minimum absolute atomic E-state index is 0.118. The average Bonchev–Trinajstić information content (AvgIpc) is 2.16. The highest BCUT2D eigenvalue weighted by molar-refractivity contribution is 5.39. The van der Waals surface area contributed by atoms with E-state index in [1.165, 1.54) is 0 Å². The molecule has 0 unspecified atom stereocenters. The van der Waals surface area contributed by atoms with E-state index in [9.17, 15) is 4.79 Å². The molecule has 76 valence electrons. The molecule has 0 atom stereocenters. The lowest BCUT2D eigenvalue weighted by molar-refractivity contribution is -0.129. The first-order valence-corrected chi connectivity index (χ1v) is 4.54. The van der Waals surface area contributed by atoms with Gasteiger partial charge in [0.2, 0.25) is 0 Å². The van der Waals surface area contributed by atoms with E-state index >= 15 is 0 Å². The molecule has 0 spiro atoms. The summed E-state index contributed by atoms with van der Waals surface area (Å²) in [6.45, 7) is 4.60. The first kappa shape index (κ1) is 10.6. The van der Waals surface area contributed by atoms with Gasteiger partial charge in [-0.3, -0.25) is 4.79 Å². The van der Waals surface area contributed by atoms with E-state index < -0.39 is 0 Å². The van der Waals surface area contributed by atoms with Gasteiger partial charge in [-0.05, 0) is 19.9 Å². The van der Waals surface area contributed by atoms with E-state index in [0.29, 0.717) is 6.47 Å². The van der Waals surface area contributed by atoms with Crippen molar-refractivity contribution in [2.75, 3.05) is 0 Å². The van der Waals surface area contributed by atoms with Crippen molar-refractivity contribution in [3.8, 4) is 5.75 Å². The molecule has 0 aromatic heterocycles. The monoisotopic (exact) mass is 194 g/mol. The molecule has 14 heavy (non-hydrogen) atoms. The summed E-state index contributed by atoms with van der Waals surface area (Å²) in [7, 11) is 0. The smallest absolute Gasteiger partial charge is 0.293 e. The molecule has 0 saturated carbocycles. The molecule has 0 aliphatic heterocycles. The fourth-order valence-electron chi connectivity index (χ4n) is 1.12. The zero-order valence-corrected chi connectivity index (χ0v) is 8.40. The molecule has 1 rings (SSSR count). The maximum atomic E-state index is 10.0. The maximum absolute atomic E-state index is 10.0. The highest BCUT2D eigenvalue weighted by Crippen LogP contribution is 2.19. The minimum atomic E-state index is 0.118. The number of carbonyl (C=O) groups is 1. The van der Waals surface area contributed by atoms with Gasteiger partial charge in [0.05, 0.1) is 6.10 Å². The molecule has 0 radical (unpaired) electrons. The van der Waals surface area contributed by atoms with Gasteiger partial charge in [0.25, 0.3) is 6.47 Å². The maximum Gasteiger partial charge on any atom is 0.293 e. The largest absolute Gasteiger partial charge is 0.491 e. The Bertz CT molecular complexity index is 294. The van der Waals surface area contributed by atoms with Gasteiger partial charge in [-0.1, -0.05) is 18.2 Å². The van der Waals surface area contributed by atoms with E-state index in [1.807, 2.05) is 38.1 Å². The number of carbonyl (C=O) groups excluding carboxylic acids is 1. The van der Waals surface area contributed by atoms with Crippen molar-refractivity contribution in [1.82, 2.24) is 0 Å². The van der Waals surface area contributed by atoms with Gasteiger partial charge in [0, 0.05) is 5.56 Å². The summed E-state index contributed by atoms with van der Waals surface area (Å²) < 4.78 is 10.2. The van der Waals surface area contributed by atoms with E-state index in [4.69, 9.17) is 4.74 Å². The molecule has 0 N–H and O–H groups in total. The van der Waals surface area contributed by atoms with Crippen LogP contribution in [-0.4, -0.2) is 12.6 Å². The predicted octanol–water partition coefficient (Wildman–Crippen LogP) is 2.15. The third-order valence-corrected chi connectivity index (χ3v) is 1.64. The summed E-state index contributed by atoms with van der Waals surface area (Å²) in [5, 5.41) is 0. The highest BCUT2D eigenvalue weighted by Gasteiger charge is 2.04. The van der Waals surface area contributed by atoms with Crippen LogP contribution in [0.15, 0.2) is 24.3 Å². The zero-order valence-electron chi connectivity index (χ0n) is 8.40. The Morgan fingerprint density at radius 2 is 2.07 bits per heavy atom.